The summed E-state index contributed by atoms with van der Waals surface area (Å²) in [6.45, 7) is 2.71. The normalized spacial score (nSPS) is 18.4. The smallest absolute Gasteiger partial charge is 0.370 e. The van der Waals surface area contributed by atoms with E-state index in [0.717, 1.165) is 43.4 Å². The molecule has 0 spiro atoms. The second-order valence-corrected chi connectivity index (χ2v) is 10.8. The maximum absolute atomic E-state index is 13.6. The highest BCUT2D eigenvalue weighted by molar-refractivity contribution is 7.89. The largest absolute Gasteiger partial charge is 0.406 e. The predicted octanol–water partition coefficient (Wildman–Crippen LogP) is 4.66. The van der Waals surface area contributed by atoms with E-state index in [1.165, 1.54) is 16.4 Å². The van der Waals surface area contributed by atoms with Crippen LogP contribution in [-0.4, -0.2) is 69.0 Å². The third kappa shape index (κ3) is 6.62. The maximum Gasteiger partial charge on any atom is 0.406 e. The topological polar surface area (TPSA) is 60.9 Å². The van der Waals surface area contributed by atoms with Crippen LogP contribution >= 0.6 is 0 Å². The molecule has 0 aliphatic carbocycles. The first-order chi connectivity index (χ1) is 15.6. The minimum absolute atomic E-state index is 0.0216. The van der Waals surface area contributed by atoms with Crippen molar-refractivity contribution >= 4 is 21.6 Å². The molecule has 1 aromatic carbocycles. The number of alkyl halides is 3. The molecule has 0 bridgehead atoms. The van der Waals surface area contributed by atoms with Gasteiger partial charge in [-0.2, -0.15) is 17.5 Å². The van der Waals surface area contributed by atoms with Gasteiger partial charge in [-0.25, -0.2) is 8.42 Å². The van der Waals surface area contributed by atoms with Crippen LogP contribution in [0.2, 0.25) is 0 Å². The Morgan fingerprint density at radius 2 is 1.61 bits per heavy atom. The van der Waals surface area contributed by atoms with E-state index in [1.54, 1.807) is 6.07 Å². The van der Waals surface area contributed by atoms with E-state index in [2.05, 4.69) is 0 Å². The predicted molar refractivity (Wildman–Crippen MR) is 122 cm³/mol. The van der Waals surface area contributed by atoms with E-state index in [-0.39, 0.29) is 17.0 Å². The molecule has 2 saturated heterocycles. The molecule has 6 nitrogen and oxygen atoms in total. The van der Waals surface area contributed by atoms with Crippen LogP contribution in [0.15, 0.2) is 23.1 Å². The Morgan fingerprint density at radius 3 is 2.18 bits per heavy atom. The molecule has 2 heterocycles. The highest BCUT2D eigenvalue weighted by Crippen LogP contribution is 2.33. The van der Waals surface area contributed by atoms with Crippen LogP contribution in [0.25, 0.3) is 0 Å². The summed E-state index contributed by atoms with van der Waals surface area (Å²) in [5, 5.41) is 0. The SMILES string of the molecule is CCCCN(CC(F)(F)F)C(=O)c1ccc(N2CCCCC2)c(S(=O)(=O)N2CCCCC2)c1. The van der Waals surface area contributed by atoms with Crippen molar-refractivity contribution in [3.63, 3.8) is 0 Å². The van der Waals surface area contributed by atoms with Gasteiger partial charge in [-0.1, -0.05) is 19.8 Å². The number of unbranched alkanes of at least 4 members (excludes halogenated alkanes) is 1. The Hall–Kier alpha value is -1.81. The zero-order valence-electron chi connectivity index (χ0n) is 19.2. The van der Waals surface area contributed by atoms with E-state index < -0.39 is 28.7 Å². The molecule has 0 aromatic heterocycles. The molecule has 2 fully saturated rings. The Labute approximate surface area is 194 Å². The van der Waals surface area contributed by atoms with Crippen LogP contribution in [0.4, 0.5) is 18.9 Å². The molecule has 33 heavy (non-hydrogen) atoms. The van der Waals surface area contributed by atoms with Gasteiger partial charge in [-0.15, -0.1) is 0 Å². The highest BCUT2D eigenvalue weighted by Gasteiger charge is 2.35. The van der Waals surface area contributed by atoms with E-state index in [1.807, 2.05) is 11.8 Å². The molecule has 2 aliphatic rings. The van der Waals surface area contributed by atoms with Gasteiger partial charge in [0, 0.05) is 38.3 Å². The Balaban J connectivity index is 2.00. The molecule has 0 atom stereocenters. The van der Waals surface area contributed by atoms with Crippen LogP contribution in [0.1, 0.15) is 68.6 Å². The number of carbonyl (C=O) groups is 1. The van der Waals surface area contributed by atoms with Crippen molar-refractivity contribution < 1.29 is 26.4 Å². The fourth-order valence-electron chi connectivity index (χ4n) is 4.49. The highest BCUT2D eigenvalue weighted by atomic mass is 32.2. The summed E-state index contributed by atoms with van der Waals surface area (Å²) in [5.74, 6) is -0.791. The summed E-state index contributed by atoms with van der Waals surface area (Å²) in [6.07, 6.45) is 2.02. The summed E-state index contributed by atoms with van der Waals surface area (Å²) in [6, 6.07) is 4.36. The molecule has 0 unspecified atom stereocenters. The monoisotopic (exact) mass is 489 g/mol. The van der Waals surface area contributed by atoms with E-state index in [9.17, 15) is 26.4 Å². The number of sulfonamides is 1. The van der Waals surface area contributed by atoms with Gasteiger partial charge < -0.3 is 9.80 Å². The van der Waals surface area contributed by atoms with Crippen LogP contribution in [0, 0.1) is 0 Å². The number of hydrogen-bond donors (Lipinski definition) is 0. The van der Waals surface area contributed by atoms with Crippen molar-refractivity contribution in [2.75, 3.05) is 44.2 Å². The number of nitrogens with zero attached hydrogens (tertiary/aromatic N) is 3. The van der Waals surface area contributed by atoms with Gasteiger partial charge in [-0.3, -0.25) is 4.79 Å². The molecule has 10 heteroatoms. The van der Waals surface area contributed by atoms with Crippen molar-refractivity contribution in [2.45, 2.75) is 69.4 Å². The summed E-state index contributed by atoms with van der Waals surface area (Å²) < 4.78 is 68.0. The second-order valence-electron chi connectivity index (χ2n) is 8.89. The minimum atomic E-state index is -4.53. The quantitative estimate of drug-likeness (QED) is 0.533. The van der Waals surface area contributed by atoms with Gasteiger partial charge >= 0.3 is 6.18 Å². The number of anilines is 1. The first kappa shape index (κ1) is 25.8. The average Bonchev–Trinajstić information content (AvgIpc) is 2.81. The first-order valence-corrected chi connectivity index (χ1v) is 13.3. The Morgan fingerprint density at radius 1 is 1.00 bits per heavy atom. The van der Waals surface area contributed by atoms with Crippen LogP contribution in [-0.2, 0) is 10.0 Å². The lowest BCUT2D eigenvalue weighted by Gasteiger charge is -2.33. The van der Waals surface area contributed by atoms with Crippen LogP contribution in [0.5, 0.6) is 0 Å². The summed E-state index contributed by atoms with van der Waals surface area (Å²) in [4.78, 5) is 15.9. The zero-order chi connectivity index (χ0) is 24.1. The standard InChI is InChI=1S/C23H34F3N3O3S/c1-2-3-12-28(18-23(24,25)26)22(30)19-10-11-20(27-13-6-4-7-14-27)21(17-19)33(31,32)29-15-8-5-9-16-29/h10-11,17H,2-9,12-16,18H2,1H3. The van der Waals surface area contributed by atoms with Gasteiger partial charge in [0.25, 0.3) is 5.91 Å². The number of rotatable bonds is 8. The van der Waals surface area contributed by atoms with E-state index >= 15 is 0 Å². The Kier molecular flexibility index (Phi) is 8.66. The van der Waals surface area contributed by atoms with Crippen molar-refractivity contribution in [3.05, 3.63) is 23.8 Å². The number of hydrogen-bond acceptors (Lipinski definition) is 4. The molecule has 3 rings (SSSR count). The summed E-state index contributed by atoms with van der Waals surface area (Å²) in [5.41, 5.74) is 0.513. The number of carbonyl (C=O) groups excluding carboxylic acids is 1. The third-order valence-corrected chi connectivity index (χ3v) is 8.20. The fraction of sp³-hybridized carbons (Fsp3) is 0.696. The number of benzene rings is 1. The molecule has 0 N–H and O–H groups in total. The second kappa shape index (κ2) is 11.1. The summed E-state index contributed by atoms with van der Waals surface area (Å²) in [7, 11) is -3.88. The lowest BCUT2D eigenvalue weighted by atomic mass is 10.1. The maximum atomic E-state index is 13.6. The molecule has 1 amide bonds. The number of piperidine rings is 2. The molecule has 1 aromatic rings. The molecular weight excluding hydrogens is 455 g/mol. The van der Waals surface area contributed by atoms with Crippen molar-refractivity contribution in [3.8, 4) is 0 Å². The first-order valence-electron chi connectivity index (χ1n) is 11.9. The lowest BCUT2D eigenvalue weighted by molar-refractivity contribution is -0.140. The van der Waals surface area contributed by atoms with Crippen molar-refractivity contribution in [2.24, 2.45) is 0 Å². The average molecular weight is 490 g/mol. The number of amides is 1. The third-order valence-electron chi connectivity index (χ3n) is 6.28. The van der Waals surface area contributed by atoms with Gasteiger partial charge in [-0.05, 0) is 56.7 Å². The van der Waals surface area contributed by atoms with Crippen molar-refractivity contribution in [1.29, 1.82) is 0 Å². The number of halogens is 3. The lowest BCUT2D eigenvalue weighted by Crippen LogP contribution is -2.40. The van der Waals surface area contributed by atoms with Crippen LogP contribution < -0.4 is 4.90 Å². The molecule has 0 radical (unpaired) electrons. The molecule has 2 aliphatic heterocycles. The zero-order valence-corrected chi connectivity index (χ0v) is 20.1. The molecule has 0 saturated carbocycles. The van der Waals surface area contributed by atoms with Gasteiger partial charge in [0.15, 0.2) is 0 Å². The van der Waals surface area contributed by atoms with Crippen LogP contribution in [0.3, 0.4) is 0 Å². The van der Waals surface area contributed by atoms with Crippen molar-refractivity contribution in [1.82, 2.24) is 9.21 Å². The Bertz CT molecular complexity index is 909. The molecule has 186 valence electrons. The summed E-state index contributed by atoms with van der Waals surface area (Å²) >= 11 is 0. The van der Waals surface area contributed by atoms with E-state index in [4.69, 9.17) is 0 Å². The molecular formula is C23H34F3N3O3S. The van der Waals surface area contributed by atoms with E-state index in [0.29, 0.717) is 44.7 Å². The van der Waals surface area contributed by atoms with Gasteiger partial charge in [0.1, 0.15) is 11.4 Å². The van der Waals surface area contributed by atoms with Gasteiger partial charge in [0.05, 0.1) is 5.69 Å². The fourth-order valence-corrected chi connectivity index (χ4v) is 6.25. The minimum Gasteiger partial charge on any atom is -0.370 e. The van der Waals surface area contributed by atoms with Gasteiger partial charge in [0.2, 0.25) is 10.0 Å².